The Bertz CT molecular complexity index is 767. The molecule has 1 N–H and O–H groups in total. The van der Waals surface area contributed by atoms with Crippen molar-refractivity contribution in [3.8, 4) is 0 Å². The Kier molecular flexibility index (Phi) is 5.09. The standard InChI is InChI=1S/C16H15N3O2S2/c1-2-22-12-7-5-11(6-8-12)10-14-18-19-16(21-14)17-15(20)13-4-3-9-23-13/h3-9H,2,10H2,1H3,(H,17,19,20). The van der Waals surface area contributed by atoms with E-state index in [4.69, 9.17) is 4.42 Å². The zero-order chi connectivity index (χ0) is 16.1. The summed E-state index contributed by atoms with van der Waals surface area (Å²) < 4.78 is 5.48. The number of hydrogen-bond acceptors (Lipinski definition) is 6. The van der Waals surface area contributed by atoms with Gasteiger partial charge in [0.25, 0.3) is 5.91 Å². The minimum absolute atomic E-state index is 0.122. The summed E-state index contributed by atoms with van der Waals surface area (Å²) in [5.74, 6) is 1.29. The number of carbonyl (C=O) groups excluding carboxylic acids is 1. The average Bonchev–Trinajstić information content (AvgIpc) is 3.21. The van der Waals surface area contributed by atoms with Crippen LogP contribution in [0.1, 0.15) is 28.0 Å². The van der Waals surface area contributed by atoms with Crippen LogP contribution in [0.3, 0.4) is 0 Å². The summed E-state index contributed by atoms with van der Waals surface area (Å²) in [7, 11) is 0. The van der Waals surface area contributed by atoms with E-state index >= 15 is 0 Å². The number of nitrogens with one attached hydrogen (secondary N) is 1. The highest BCUT2D eigenvalue weighted by molar-refractivity contribution is 7.99. The van der Waals surface area contributed by atoms with Crippen LogP contribution in [0.5, 0.6) is 0 Å². The molecule has 0 bridgehead atoms. The van der Waals surface area contributed by atoms with E-state index in [0.717, 1.165) is 11.3 Å². The number of thiophene rings is 1. The summed E-state index contributed by atoms with van der Waals surface area (Å²) in [6.07, 6.45) is 0.541. The Morgan fingerprint density at radius 1 is 1.26 bits per heavy atom. The summed E-state index contributed by atoms with van der Waals surface area (Å²) in [6.45, 7) is 2.13. The van der Waals surface area contributed by atoms with Crippen LogP contribution < -0.4 is 5.32 Å². The van der Waals surface area contributed by atoms with E-state index in [1.165, 1.54) is 16.2 Å². The molecule has 7 heteroatoms. The molecular formula is C16H15N3O2S2. The largest absolute Gasteiger partial charge is 0.407 e. The minimum Gasteiger partial charge on any atom is -0.407 e. The lowest BCUT2D eigenvalue weighted by molar-refractivity contribution is 0.102. The predicted octanol–water partition coefficient (Wildman–Crippen LogP) is 4.09. The normalized spacial score (nSPS) is 10.7. The highest BCUT2D eigenvalue weighted by Gasteiger charge is 2.12. The van der Waals surface area contributed by atoms with Crippen LogP contribution in [0.15, 0.2) is 51.1 Å². The summed E-state index contributed by atoms with van der Waals surface area (Å²) >= 11 is 3.16. The van der Waals surface area contributed by atoms with Crippen molar-refractivity contribution in [1.82, 2.24) is 10.2 Å². The molecule has 2 heterocycles. The average molecular weight is 345 g/mol. The van der Waals surface area contributed by atoms with Crippen molar-refractivity contribution in [2.75, 3.05) is 11.1 Å². The molecule has 0 radical (unpaired) electrons. The van der Waals surface area contributed by atoms with Crippen molar-refractivity contribution in [1.29, 1.82) is 0 Å². The smallest absolute Gasteiger partial charge is 0.322 e. The predicted molar refractivity (Wildman–Crippen MR) is 92.2 cm³/mol. The van der Waals surface area contributed by atoms with Crippen LogP contribution in [0.2, 0.25) is 0 Å². The molecule has 1 aromatic carbocycles. The summed E-state index contributed by atoms with van der Waals surface area (Å²) in [6, 6.07) is 11.9. The van der Waals surface area contributed by atoms with Crippen LogP contribution in [-0.4, -0.2) is 21.9 Å². The Labute approximate surface area is 142 Å². The lowest BCUT2D eigenvalue weighted by Gasteiger charge is -2.00. The van der Waals surface area contributed by atoms with Crippen LogP contribution in [0.4, 0.5) is 6.01 Å². The number of amides is 1. The number of rotatable bonds is 6. The van der Waals surface area contributed by atoms with Crippen molar-refractivity contribution in [2.24, 2.45) is 0 Å². The Morgan fingerprint density at radius 3 is 2.78 bits per heavy atom. The van der Waals surface area contributed by atoms with Crippen LogP contribution in [-0.2, 0) is 6.42 Å². The van der Waals surface area contributed by atoms with Gasteiger partial charge in [0, 0.05) is 4.90 Å². The number of nitrogens with zero attached hydrogens (tertiary/aromatic N) is 2. The van der Waals surface area contributed by atoms with Gasteiger partial charge in [-0.1, -0.05) is 30.2 Å². The minimum atomic E-state index is -0.240. The van der Waals surface area contributed by atoms with E-state index in [2.05, 4.69) is 34.6 Å². The Balaban J connectivity index is 1.61. The van der Waals surface area contributed by atoms with Gasteiger partial charge in [0.15, 0.2) is 0 Å². The van der Waals surface area contributed by atoms with E-state index in [1.807, 2.05) is 23.6 Å². The third-order valence-electron chi connectivity index (χ3n) is 3.02. The molecule has 0 aliphatic rings. The molecule has 0 atom stereocenters. The quantitative estimate of drug-likeness (QED) is 0.682. The molecule has 5 nitrogen and oxygen atoms in total. The highest BCUT2D eigenvalue weighted by atomic mass is 32.2. The first-order valence-electron chi connectivity index (χ1n) is 7.13. The number of carbonyl (C=O) groups is 1. The summed E-state index contributed by atoms with van der Waals surface area (Å²) in [4.78, 5) is 13.8. The lowest BCUT2D eigenvalue weighted by atomic mass is 10.1. The van der Waals surface area contributed by atoms with Gasteiger partial charge in [-0.25, -0.2) is 0 Å². The third kappa shape index (κ3) is 4.20. The molecule has 1 amide bonds. The number of anilines is 1. The first-order chi connectivity index (χ1) is 11.2. The second-order valence-corrected chi connectivity index (χ2v) is 6.97. The number of hydrogen-bond donors (Lipinski definition) is 1. The molecular weight excluding hydrogens is 330 g/mol. The van der Waals surface area contributed by atoms with Gasteiger partial charge in [0.1, 0.15) is 0 Å². The molecule has 2 aromatic heterocycles. The molecule has 0 fully saturated rings. The van der Waals surface area contributed by atoms with Crippen molar-refractivity contribution in [2.45, 2.75) is 18.2 Å². The second kappa shape index (κ2) is 7.43. The van der Waals surface area contributed by atoms with Gasteiger partial charge >= 0.3 is 6.01 Å². The SMILES string of the molecule is CCSc1ccc(Cc2nnc(NC(=O)c3cccs3)o2)cc1. The van der Waals surface area contributed by atoms with Crippen molar-refractivity contribution in [3.63, 3.8) is 0 Å². The molecule has 118 valence electrons. The van der Waals surface area contributed by atoms with Gasteiger partial charge in [-0.2, -0.15) is 0 Å². The molecule has 0 saturated heterocycles. The fraction of sp³-hybridized carbons (Fsp3) is 0.188. The van der Waals surface area contributed by atoms with E-state index < -0.39 is 0 Å². The van der Waals surface area contributed by atoms with E-state index in [0.29, 0.717) is 17.2 Å². The summed E-state index contributed by atoms with van der Waals surface area (Å²) in [5, 5.41) is 12.3. The van der Waals surface area contributed by atoms with Crippen molar-refractivity contribution in [3.05, 3.63) is 58.1 Å². The Hall–Kier alpha value is -2.12. The molecule has 3 rings (SSSR count). The second-order valence-electron chi connectivity index (χ2n) is 4.69. The highest BCUT2D eigenvalue weighted by Crippen LogP contribution is 2.19. The van der Waals surface area contributed by atoms with E-state index in [9.17, 15) is 4.79 Å². The van der Waals surface area contributed by atoms with Crippen molar-refractivity contribution >= 4 is 35.0 Å². The lowest BCUT2D eigenvalue weighted by Crippen LogP contribution is -2.10. The van der Waals surface area contributed by atoms with Crippen LogP contribution >= 0.6 is 23.1 Å². The first kappa shape index (κ1) is 15.8. The maximum absolute atomic E-state index is 11.9. The molecule has 0 aliphatic heterocycles. The zero-order valence-corrected chi connectivity index (χ0v) is 14.1. The molecule has 0 saturated carbocycles. The first-order valence-corrected chi connectivity index (χ1v) is 9.00. The van der Waals surface area contributed by atoms with Gasteiger partial charge in [0.2, 0.25) is 5.89 Å². The molecule has 23 heavy (non-hydrogen) atoms. The van der Waals surface area contributed by atoms with E-state index in [-0.39, 0.29) is 11.9 Å². The number of aromatic nitrogens is 2. The number of benzene rings is 1. The third-order valence-corrected chi connectivity index (χ3v) is 4.78. The van der Waals surface area contributed by atoms with Crippen molar-refractivity contribution < 1.29 is 9.21 Å². The van der Waals surface area contributed by atoms with Gasteiger partial charge < -0.3 is 4.42 Å². The monoisotopic (exact) mass is 345 g/mol. The van der Waals surface area contributed by atoms with E-state index in [1.54, 1.807) is 17.8 Å². The fourth-order valence-corrected chi connectivity index (χ4v) is 3.27. The molecule has 0 unspecified atom stereocenters. The fourth-order valence-electron chi connectivity index (χ4n) is 1.99. The molecule has 3 aromatic rings. The van der Waals surface area contributed by atoms with Gasteiger partial charge in [-0.15, -0.1) is 28.2 Å². The topological polar surface area (TPSA) is 68.0 Å². The van der Waals surface area contributed by atoms with Gasteiger partial charge in [0.05, 0.1) is 11.3 Å². The number of thioether (sulfide) groups is 1. The van der Waals surface area contributed by atoms with Crippen LogP contribution in [0.25, 0.3) is 0 Å². The zero-order valence-electron chi connectivity index (χ0n) is 12.5. The maximum atomic E-state index is 11.9. The van der Waals surface area contributed by atoms with Gasteiger partial charge in [-0.05, 0) is 34.9 Å². The maximum Gasteiger partial charge on any atom is 0.322 e. The Morgan fingerprint density at radius 2 is 2.09 bits per heavy atom. The molecule has 0 spiro atoms. The summed E-state index contributed by atoms with van der Waals surface area (Å²) in [5.41, 5.74) is 1.09. The molecule has 0 aliphatic carbocycles. The van der Waals surface area contributed by atoms with Gasteiger partial charge in [-0.3, -0.25) is 10.1 Å². The van der Waals surface area contributed by atoms with Crippen LogP contribution in [0, 0.1) is 0 Å².